The number of aromatic nitrogens is 1. The highest BCUT2D eigenvalue weighted by Gasteiger charge is 2.37. The van der Waals surface area contributed by atoms with E-state index in [1.54, 1.807) is 47.4 Å². The molecule has 4 heterocycles. The summed E-state index contributed by atoms with van der Waals surface area (Å²) in [6.45, 7) is 1.67. The van der Waals surface area contributed by atoms with Gasteiger partial charge in [0.25, 0.3) is 17.4 Å². The van der Waals surface area contributed by atoms with Crippen LogP contribution in [0.4, 0.5) is 0 Å². The van der Waals surface area contributed by atoms with E-state index >= 15 is 0 Å². The molecule has 0 spiro atoms. The maximum Gasteiger partial charge on any atom is 0.270 e. The molecule has 6 nitrogen and oxygen atoms in total. The Morgan fingerprint density at radius 1 is 1.03 bits per heavy atom. The lowest BCUT2D eigenvalue weighted by atomic mass is 9.83. The van der Waals surface area contributed by atoms with Crippen LogP contribution in [0.5, 0.6) is 0 Å². The standard InChI is InChI=1S/C25H22ClN3O3S/c26-19-8-6-17(7-9-19)24(31)27-21(12-20-3-2-10-33-20)25(32)28-13-16-11-18(15-28)22-4-1-5-23(30)29(22)14-16/h1-10,12,16,18H,11,13-15H2,(H,27,31)/b21-12-/t16-,18+/m1/s1. The van der Waals surface area contributed by atoms with E-state index in [1.807, 2.05) is 28.1 Å². The van der Waals surface area contributed by atoms with Gasteiger partial charge in [-0.2, -0.15) is 0 Å². The topological polar surface area (TPSA) is 71.4 Å². The van der Waals surface area contributed by atoms with Gasteiger partial charge < -0.3 is 14.8 Å². The second-order valence-electron chi connectivity index (χ2n) is 8.44. The summed E-state index contributed by atoms with van der Waals surface area (Å²) in [5.41, 5.74) is 1.65. The fourth-order valence-corrected chi connectivity index (χ4v) is 5.48. The Morgan fingerprint density at radius 2 is 1.85 bits per heavy atom. The Balaban J connectivity index is 1.41. The zero-order valence-corrected chi connectivity index (χ0v) is 19.3. The molecular formula is C25H22ClN3O3S. The third-order valence-electron chi connectivity index (χ3n) is 6.18. The highest BCUT2D eigenvalue weighted by molar-refractivity contribution is 7.10. The number of thiophene rings is 1. The van der Waals surface area contributed by atoms with E-state index in [4.69, 9.17) is 11.6 Å². The SMILES string of the molecule is O=C(N/C(=C\c1cccs1)C(=O)N1C[C@H]2C[C@@H](C1)c1cccc(=O)n1C2)c1ccc(Cl)cc1. The van der Waals surface area contributed by atoms with E-state index in [0.717, 1.165) is 17.0 Å². The molecule has 168 valence electrons. The number of amides is 2. The number of benzene rings is 1. The van der Waals surface area contributed by atoms with Crippen LogP contribution in [0.25, 0.3) is 6.08 Å². The van der Waals surface area contributed by atoms with E-state index in [2.05, 4.69) is 5.32 Å². The van der Waals surface area contributed by atoms with Gasteiger partial charge in [0.05, 0.1) is 0 Å². The lowest BCUT2D eigenvalue weighted by Crippen LogP contribution is -2.50. The molecule has 8 heteroatoms. The van der Waals surface area contributed by atoms with Gasteiger partial charge in [-0.1, -0.05) is 23.7 Å². The zero-order valence-electron chi connectivity index (χ0n) is 17.7. The Hall–Kier alpha value is -3.16. The second kappa shape index (κ2) is 9.00. The molecule has 0 radical (unpaired) electrons. The van der Waals surface area contributed by atoms with E-state index < -0.39 is 0 Å². The largest absolute Gasteiger partial charge is 0.336 e. The number of rotatable bonds is 4. The Bertz CT molecular complexity index is 1280. The first kappa shape index (κ1) is 21.7. The van der Waals surface area contributed by atoms with Crippen molar-refractivity contribution in [2.45, 2.75) is 18.9 Å². The van der Waals surface area contributed by atoms with Crippen molar-refractivity contribution in [2.24, 2.45) is 5.92 Å². The number of carbonyl (C=O) groups excluding carboxylic acids is 2. The van der Waals surface area contributed by atoms with Crippen LogP contribution in [0.1, 0.15) is 33.3 Å². The number of hydrogen-bond acceptors (Lipinski definition) is 4. The summed E-state index contributed by atoms with van der Waals surface area (Å²) in [4.78, 5) is 41.5. The van der Waals surface area contributed by atoms with Crippen molar-refractivity contribution in [2.75, 3.05) is 13.1 Å². The van der Waals surface area contributed by atoms with Crippen LogP contribution in [-0.4, -0.2) is 34.4 Å². The quantitative estimate of drug-likeness (QED) is 0.575. The molecule has 0 unspecified atom stereocenters. The Morgan fingerprint density at radius 3 is 2.61 bits per heavy atom. The summed E-state index contributed by atoms with van der Waals surface area (Å²) >= 11 is 7.43. The summed E-state index contributed by atoms with van der Waals surface area (Å²) < 4.78 is 1.84. The molecule has 5 rings (SSSR count). The van der Waals surface area contributed by atoms with Crippen molar-refractivity contribution in [3.8, 4) is 0 Å². The Kier molecular flexibility index (Phi) is 5.91. The second-order valence-corrected chi connectivity index (χ2v) is 9.86. The molecule has 1 aromatic carbocycles. The molecule has 2 bridgehead atoms. The van der Waals surface area contributed by atoms with Gasteiger partial charge in [-0.25, -0.2) is 0 Å². The monoisotopic (exact) mass is 479 g/mol. The van der Waals surface area contributed by atoms with Crippen LogP contribution in [0, 0.1) is 5.92 Å². The minimum Gasteiger partial charge on any atom is -0.336 e. The van der Waals surface area contributed by atoms with Gasteiger partial charge in [0.1, 0.15) is 5.70 Å². The average molecular weight is 480 g/mol. The van der Waals surface area contributed by atoms with Crippen molar-refractivity contribution < 1.29 is 9.59 Å². The first-order valence-corrected chi connectivity index (χ1v) is 12.0. The molecular weight excluding hydrogens is 458 g/mol. The first-order valence-electron chi connectivity index (χ1n) is 10.8. The number of halogens is 1. The highest BCUT2D eigenvalue weighted by atomic mass is 35.5. The van der Waals surface area contributed by atoms with Crippen molar-refractivity contribution >= 4 is 40.8 Å². The van der Waals surface area contributed by atoms with Gasteiger partial charge in [0, 0.05) is 52.8 Å². The lowest BCUT2D eigenvalue weighted by molar-refractivity contribution is -0.130. The van der Waals surface area contributed by atoms with E-state index in [9.17, 15) is 14.4 Å². The molecule has 0 saturated carbocycles. The van der Waals surface area contributed by atoms with Gasteiger partial charge in [-0.3, -0.25) is 14.4 Å². The number of pyridine rings is 1. The number of nitrogens with one attached hydrogen (secondary N) is 1. The van der Waals surface area contributed by atoms with Crippen LogP contribution >= 0.6 is 22.9 Å². The smallest absolute Gasteiger partial charge is 0.270 e. The highest BCUT2D eigenvalue weighted by Crippen LogP contribution is 2.35. The van der Waals surface area contributed by atoms with Gasteiger partial charge >= 0.3 is 0 Å². The normalized spacial score (nSPS) is 19.7. The van der Waals surface area contributed by atoms with E-state index in [1.165, 1.54) is 11.3 Å². The Labute approximate surface area is 200 Å². The molecule has 0 aliphatic carbocycles. The van der Waals surface area contributed by atoms with Crippen LogP contribution in [0.2, 0.25) is 5.02 Å². The van der Waals surface area contributed by atoms with Crippen LogP contribution in [0.3, 0.4) is 0 Å². The van der Waals surface area contributed by atoms with Gasteiger partial charge in [-0.15, -0.1) is 11.3 Å². The van der Waals surface area contributed by atoms with Crippen LogP contribution in [-0.2, 0) is 11.3 Å². The van der Waals surface area contributed by atoms with Gasteiger partial charge in [0.15, 0.2) is 0 Å². The number of fused-ring (bicyclic) bond motifs is 4. The van der Waals surface area contributed by atoms with Gasteiger partial charge in [-0.05, 0) is 60.2 Å². The molecule has 2 aliphatic rings. The molecule has 2 aromatic heterocycles. The fraction of sp³-hybridized carbons (Fsp3) is 0.240. The predicted octanol–water partition coefficient (Wildman–Crippen LogP) is 3.98. The van der Waals surface area contributed by atoms with Crippen molar-refractivity contribution in [3.63, 3.8) is 0 Å². The summed E-state index contributed by atoms with van der Waals surface area (Å²) in [7, 11) is 0. The summed E-state index contributed by atoms with van der Waals surface area (Å²) in [5.74, 6) is -0.273. The zero-order chi connectivity index (χ0) is 22.9. The number of nitrogens with zero attached hydrogens (tertiary/aromatic N) is 2. The summed E-state index contributed by atoms with van der Waals surface area (Å²) in [6.07, 6.45) is 2.68. The summed E-state index contributed by atoms with van der Waals surface area (Å²) in [5, 5.41) is 5.29. The molecule has 2 amide bonds. The minimum absolute atomic E-state index is 0.00971. The molecule has 3 aromatic rings. The van der Waals surface area contributed by atoms with Crippen molar-refractivity contribution in [1.29, 1.82) is 0 Å². The van der Waals surface area contributed by atoms with E-state index in [0.29, 0.717) is 30.2 Å². The molecule has 1 fully saturated rings. The summed E-state index contributed by atoms with van der Waals surface area (Å²) in [6, 6.07) is 15.7. The van der Waals surface area contributed by atoms with Crippen molar-refractivity contribution in [3.05, 3.63) is 97.2 Å². The maximum absolute atomic E-state index is 13.6. The third kappa shape index (κ3) is 4.51. The molecule has 1 saturated heterocycles. The number of likely N-dealkylation sites (tertiary alicyclic amines) is 1. The maximum atomic E-state index is 13.6. The lowest BCUT2D eigenvalue weighted by Gasteiger charge is -2.43. The average Bonchev–Trinajstić information content (AvgIpc) is 3.32. The van der Waals surface area contributed by atoms with Crippen molar-refractivity contribution in [1.82, 2.24) is 14.8 Å². The first-order chi connectivity index (χ1) is 16.0. The molecule has 1 N–H and O–H groups in total. The third-order valence-corrected chi connectivity index (χ3v) is 7.25. The van der Waals surface area contributed by atoms with E-state index in [-0.39, 0.29) is 34.9 Å². The number of piperidine rings is 1. The number of carbonyl (C=O) groups is 2. The van der Waals surface area contributed by atoms with Crippen LogP contribution in [0.15, 0.2) is 70.5 Å². The fourth-order valence-electron chi connectivity index (χ4n) is 4.70. The van der Waals surface area contributed by atoms with Gasteiger partial charge in [0.2, 0.25) is 0 Å². The molecule has 33 heavy (non-hydrogen) atoms. The molecule has 2 atom stereocenters. The molecule has 2 aliphatic heterocycles. The number of hydrogen-bond donors (Lipinski definition) is 1. The van der Waals surface area contributed by atoms with Crippen LogP contribution < -0.4 is 10.9 Å². The predicted molar refractivity (Wildman–Crippen MR) is 129 cm³/mol. The minimum atomic E-state index is -0.364.